The maximum absolute atomic E-state index is 6.29. The Morgan fingerprint density at radius 1 is 0.912 bits per heavy atom. The second-order valence-electron chi connectivity index (χ2n) is 9.46. The molecule has 9 nitrogen and oxygen atoms in total. The summed E-state index contributed by atoms with van der Waals surface area (Å²) in [6.45, 7) is 1.38. The minimum Gasteiger partial charge on any atom is -0.368 e. The van der Waals surface area contributed by atoms with Gasteiger partial charge in [0.25, 0.3) is 0 Å². The number of rotatable bonds is 3. The van der Waals surface area contributed by atoms with Gasteiger partial charge in [-0.25, -0.2) is 9.97 Å². The number of benzene rings is 1. The Kier molecular flexibility index (Phi) is 5.66. The van der Waals surface area contributed by atoms with Gasteiger partial charge in [0.05, 0.1) is 13.2 Å². The zero-order valence-electron chi connectivity index (χ0n) is 19.4. The van der Waals surface area contributed by atoms with Gasteiger partial charge >= 0.3 is 0 Å². The lowest BCUT2D eigenvalue weighted by Crippen LogP contribution is -2.30. The second kappa shape index (κ2) is 8.96. The van der Waals surface area contributed by atoms with E-state index in [1.54, 1.807) is 11.0 Å². The molecule has 1 fully saturated rings. The predicted molar refractivity (Wildman–Crippen MR) is 128 cm³/mol. The maximum atomic E-state index is 6.29. The van der Waals surface area contributed by atoms with Gasteiger partial charge in [0.1, 0.15) is 6.33 Å². The van der Waals surface area contributed by atoms with Crippen molar-refractivity contribution in [3.8, 4) is 5.82 Å². The molecule has 3 aromatic rings. The van der Waals surface area contributed by atoms with Crippen molar-refractivity contribution in [1.82, 2.24) is 24.7 Å². The summed E-state index contributed by atoms with van der Waals surface area (Å²) in [5.41, 5.74) is 12.1. The van der Waals surface area contributed by atoms with Crippen LogP contribution in [0.4, 0.5) is 17.6 Å². The lowest BCUT2D eigenvalue weighted by Gasteiger charge is -2.25. The molecule has 2 aromatic heterocycles. The van der Waals surface area contributed by atoms with E-state index >= 15 is 0 Å². The number of fused-ring (bicyclic) bond motifs is 2. The van der Waals surface area contributed by atoms with E-state index < -0.39 is 5.79 Å². The molecule has 0 saturated carbocycles. The first kappa shape index (κ1) is 21.5. The standard InChI is InChI=1S/C25H31N7O2/c26-23-30-24(31-32(23)22-20-5-3-1-2-4-6-21(20)27-16-28-22)29-19-8-7-17-9-11-25(33-13-14-34-25)12-10-18(17)15-19/h7-8,15-16H,1-6,9-14H2,(H3,26,29,30,31). The molecule has 3 aliphatic rings. The molecule has 9 heteroatoms. The van der Waals surface area contributed by atoms with Gasteiger partial charge < -0.3 is 20.5 Å². The first-order valence-electron chi connectivity index (χ1n) is 12.4. The largest absolute Gasteiger partial charge is 0.368 e. The summed E-state index contributed by atoms with van der Waals surface area (Å²) in [7, 11) is 0. The van der Waals surface area contributed by atoms with Crippen LogP contribution in [0.25, 0.3) is 5.82 Å². The highest BCUT2D eigenvalue weighted by atomic mass is 16.7. The normalized spacial score (nSPS) is 19.6. The zero-order valence-corrected chi connectivity index (χ0v) is 19.4. The Morgan fingerprint density at radius 2 is 1.71 bits per heavy atom. The quantitative estimate of drug-likeness (QED) is 0.608. The van der Waals surface area contributed by atoms with Crippen molar-refractivity contribution >= 4 is 17.6 Å². The van der Waals surface area contributed by atoms with Crippen molar-refractivity contribution in [2.75, 3.05) is 24.3 Å². The number of nitrogens with zero attached hydrogens (tertiary/aromatic N) is 5. The van der Waals surface area contributed by atoms with E-state index in [9.17, 15) is 0 Å². The van der Waals surface area contributed by atoms with Crippen molar-refractivity contribution in [2.45, 2.75) is 70.0 Å². The topological polar surface area (TPSA) is 113 Å². The summed E-state index contributed by atoms with van der Waals surface area (Å²) in [6, 6.07) is 6.43. The molecule has 0 atom stereocenters. The number of aryl methyl sites for hydroxylation is 3. The Labute approximate surface area is 199 Å². The second-order valence-corrected chi connectivity index (χ2v) is 9.46. The Morgan fingerprint density at radius 3 is 2.56 bits per heavy atom. The molecule has 2 aliphatic carbocycles. The molecule has 0 bridgehead atoms. The number of aromatic nitrogens is 5. The number of nitrogens with two attached hydrogens (primary N) is 1. The first-order chi connectivity index (χ1) is 16.7. The number of hydrogen-bond donors (Lipinski definition) is 2. The smallest absolute Gasteiger partial charge is 0.248 e. The third kappa shape index (κ3) is 4.14. The minimum atomic E-state index is -0.407. The van der Waals surface area contributed by atoms with Gasteiger partial charge in [-0.3, -0.25) is 0 Å². The minimum absolute atomic E-state index is 0.317. The molecule has 178 valence electrons. The van der Waals surface area contributed by atoms with Gasteiger partial charge in [0.2, 0.25) is 11.9 Å². The Hall–Kier alpha value is -3.04. The monoisotopic (exact) mass is 461 g/mol. The molecular weight excluding hydrogens is 430 g/mol. The van der Waals surface area contributed by atoms with E-state index in [1.165, 1.54) is 24.0 Å². The highest BCUT2D eigenvalue weighted by Crippen LogP contribution is 2.35. The van der Waals surface area contributed by atoms with Crippen molar-refractivity contribution in [1.29, 1.82) is 0 Å². The third-order valence-electron chi connectivity index (χ3n) is 7.26. The number of anilines is 3. The van der Waals surface area contributed by atoms with Crippen LogP contribution < -0.4 is 11.1 Å². The van der Waals surface area contributed by atoms with Crippen LogP contribution in [-0.2, 0) is 35.2 Å². The maximum Gasteiger partial charge on any atom is 0.248 e. The molecule has 3 N–H and O–H groups in total. The number of ether oxygens (including phenoxy) is 2. The fourth-order valence-electron chi connectivity index (χ4n) is 5.44. The summed E-state index contributed by atoms with van der Waals surface area (Å²) >= 11 is 0. The predicted octanol–water partition coefficient (Wildman–Crippen LogP) is 3.66. The van der Waals surface area contributed by atoms with E-state index in [-0.39, 0.29) is 0 Å². The van der Waals surface area contributed by atoms with Crippen LogP contribution >= 0.6 is 0 Å². The summed E-state index contributed by atoms with van der Waals surface area (Å²) < 4.78 is 13.5. The van der Waals surface area contributed by atoms with Gasteiger partial charge in [0, 0.05) is 29.8 Å². The van der Waals surface area contributed by atoms with E-state index in [4.69, 9.17) is 15.2 Å². The van der Waals surface area contributed by atoms with E-state index in [1.807, 2.05) is 0 Å². The zero-order chi connectivity index (χ0) is 23.0. The molecule has 3 heterocycles. The van der Waals surface area contributed by atoms with Crippen LogP contribution in [0.5, 0.6) is 0 Å². The Bertz CT molecular complexity index is 1190. The SMILES string of the molecule is Nc1nc(Nc2ccc3c(c2)CCC2(CC3)OCCO2)nn1-c1ncnc2c1CCCCCC2. The fraction of sp³-hybridized carbons (Fsp3) is 0.520. The van der Waals surface area contributed by atoms with Crippen LogP contribution in [0.2, 0.25) is 0 Å². The van der Waals surface area contributed by atoms with E-state index in [0.29, 0.717) is 25.1 Å². The Balaban J connectivity index is 1.24. The summed E-state index contributed by atoms with van der Waals surface area (Å²) in [4.78, 5) is 13.6. The number of hydrogen-bond acceptors (Lipinski definition) is 8. The highest BCUT2D eigenvalue weighted by molar-refractivity contribution is 5.57. The molecule has 0 radical (unpaired) electrons. The molecule has 6 rings (SSSR count). The van der Waals surface area contributed by atoms with Crippen molar-refractivity contribution in [3.05, 3.63) is 46.9 Å². The average molecular weight is 462 g/mol. The number of nitrogens with one attached hydrogen (secondary N) is 1. The number of nitrogen functional groups attached to an aromatic ring is 1. The first-order valence-corrected chi connectivity index (χ1v) is 12.4. The van der Waals surface area contributed by atoms with Crippen LogP contribution in [0.1, 0.15) is 60.9 Å². The van der Waals surface area contributed by atoms with Gasteiger partial charge in [-0.15, -0.1) is 5.10 Å². The molecule has 1 saturated heterocycles. The van der Waals surface area contributed by atoms with Gasteiger partial charge in [-0.05, 0) is 61.8 Å². The van der Waals surface area contributed by atoms with Gasteiger partial charge in [-0.1, -0.05) is 18.9 Å². The van der Waals surface area contributed by atoms with Crippen molar-refractivity contribution in [2.24, 2.45) is 0 Å². The lowest BCUT2D eigenvalue weighted by atomic mass is 9.97. The van der Waals surface area contributed by atoms with E-state index in [0.717, 1.165) is 74.1 Å². The molecule has 0 unspecified atom stereocenters. The molecule has 34 heavy (non-hydrogen) atoms. The van der Waals surface area contributed by atoms with Crippen LogP contribution in [0.3, 0.4) is 0 Å². The third-order valence-corrected chi connectivity index (χ3v) is 7.26. The van der Waals surface area contributed by atoms with Gasteiger partial charge in [-0.2, -0.15) is 9.67 Å². The van der Waals surface area contributed by atoms with Crippen LogP contribution in [0.15, 0.2) is 24.5 Å². The van der Waals surface area contributed by atoms with Crippen LogP contribution in [-0.4, -0.2) is 43.7 Å². The van der Waals surface area contributed by atoms with E-state index in [2.05, 4.69) is 43.6 Å². The van der Waals surface area contributed by atoms with Crippen LogP contribution in [0, 0.1) is 0 Å². The molecule has 1 spiro atoms. The van der Waals surface area contributed by atoms with Crippen molar-refractivity contribution < 1.29 is 9.47 Å². The molecule has 1 aromatic carbocycles. The average Bonchev–Trinajstić information content (AvgIpc) is 3.38. The van der Waals surface area contributed by atoms with Gasteiger partial charge in [0.15, 0.2) is 11.6 Å². The fourth-order valence-corrected chi connectivity index (χ4v) is 5.44. The molecule has 0 amide bonds. The summed E-state index contributed by atoms with van der Waals surface area (Å²) in [5.74, 6) is 1.12. The molecular formula is C25H31N7O2. The lowest BCUT2D eigenvalue weighted by molar-refractivity contribution is -0.164. The highest BCUT2D eigenvalue weighted by Gasteiger charge is 2.37. The summed E-state index contributed by atoms with van der Waals surface area (Å²) in [5, 5.41) is 8.01. The molecule has 1 aliphatic heterocycles. The summed E-state index contributed by atoms with van der Waals surface area (Å²) in [6.07, 6.45) is 11.9. The van der Waals surface area contributed by atoms with Crippen molar-refractivity contribution in [3.63, 3.8) is 0 Å².